The largest absolute Gasteiger partial charge is 0.416 e. The maximum atomic E-state index is 13.3. The molecule has 0 unspecified atom stereocenters. The van der Waals surface area contributed by atoms with Crippen molar-refractivity contribution in [2.75, 3.05) is 13.6 Å². The van der Waals surface area contributed by atoms with Crippen LogP contribution in [0.4, 0.5) is 26.3 Å². The average molecular weight is 554 g/mol. The Kier molecular flexibility index (Phi) is 7.37. The topological polar surface area (TPSA) is 85.5 Å². The Labute approximate surface area is 218 Å². The predicted molar refractivity (Wildman–Crippen MR) is 128 cm³/mol. The number of aromatic amines is 1. The van der Waals surface area contributed by atoms with E-state index in [0.29, 0.717) is 17.8 Å². The van der Waals surface area contributed by atoms with Crippen molar-refractivity contribution in [1.29, 1.82) is 0 Å². The first kappa shape index (κ1) is 28.0. The molecule has 1 aliphatic heterocycles. The van der Waals surface area contributed by atoms with Crippen LogP contribution >= 0.6 is 0 Å². The zero-order chi connectivity index (χ0) is 28.7. The number of fused-ring (bicyclic) bond motifs is 3. The molecular formula is C26H24F6N4O3. The molecule has 0 aliphatic carbocycles. The van der Waals surface area contributed by atoms with Gasteiger partial charge in [0.1, 0.15) is 12.6 Å². The van der Waals surface area contributed by atoms with Crippen LogP contribution in [0.2, 0.25) is 0 Å². The normalized spacial score (nSPS) is 16.2. The molecule has 2 N–H and O–H groups in total. The molecule has 1 atom stereocenters. The predicted octanol–water partition coefficient (Wildman–Crippen LogP) is 4.25. The fraction of sp³-hybridized carbons (Fsp3) is 0.346. The number of aromatic nitrogens is 1. The first-order valence-corrected chi connectivity index (χ1v) is 11.8. The SMILES string of the molecule is CC(=O)N[C@H]1Cc2c([nH]c3ccccc23)CN(CC(=O)N(C)Cc2cc(C(F)(F)F)cc(C(F)(F)F)c2)C1=O. The number of alkyl halides is 6. The number of para-hydroxylation sites is 1. The number of H-pyrrole nitrogens is 1. The number of likely N-dealkylation sites (N-methyl/N-ethyl adjacent to an activating group) is 1. The molecule has 0 saturated heterocycles. The second-order valence-electron chi connectivity index (χ2n) is 9.44. The summed E-state index contributed by atoms with van der Waals surface area (Å²) in [6.45, 7) is 0.175. The number of halogens is 6. The molecule has 1 aliphatic rings. The molecule has 13 heteroatoms. The monoisotopic (exact) mass is 554 g/mol. The van der Waals surface area contributed by atoms with Crippen molar-refractivity contribution < 1.29 is 40.7 Å². The Morgan fingerprint density at radius 3 is 2.26 bits per heavy atom. The van der Waals surface area contributed by atoms with Crippen molar-refractivity contribution in [2.45, 2.75) is 44.8 Å². The maximum absolute atomic E-state index is 13.3. The van der Waals surface area contributed by atoms with Crippen LogP contribution in [0.15, 0.2) is 42.5 Å². The second-order valence-corrected chi connectivity index (χ2v) is 9.44. The molecule has 0 bridgehead atoms. The zero-order valence-electron chi connectivity index (χ0n) is 20.8. The van der Waals surface area contributed by atoms with E-state index in [-0.39, 0.29) is 24.6 Å². The molecule has 0 saturated carbocycles. The Hall–Kier alpha value is -4.03. The molecule has 7 nitrogen and oxygen atoms in total. The summed E-state index contributed by atoms with van der Waals surface area (Å²) < 4.78 is 79.3. The van der Waals surface area contributed by atoms with E-state index in [1.807, 2.05) is 24.3 Å². The van der Waals surface area contributed by atoms with Gasteiger partial charge in [0.2, 0.25) is 17.7 Å². The molecule has 3 amide bonds. The van der Waals surface area contributed by atoms with E-state index in [2.05, 4.69) is 10.3 Å². The van der Waals surface area contributed by atoms with Crippen LogP contribution in [0.1, 0.15) is 34.9 Å². The standard InChI is InChI=1S/C26H24F6N4O3/c1-14(37)33-21-10-19-18-5-3-4-6-20(18)34-22(19)12-36(24(21)39)13-23(38)35(2)11-15-7-16(25(27,28)29)9-17(8-15)26(30,31)32/h3-9,21,34H,10-13H2,1-2H3,(H,33,37)/t21-/m0/s1. The number of carbonyl (C=O) groups excluding carboxylic acids is 3. The van der Waals surface area contributed by atoms with Crippen molar-refractivity contribution in [3.8, 4) is 0 Å². The van der Waals surface area contributed by atoms with E-state index in [4.69, 9.17) is 0 Å². The van der Waals surface area contributed by atoms with Gasteiger partial charge in [-0.3, -0.25) is 14.4 Å². The van der Waals surface area contributed by atoms with Gasteiger partial charge in [0.05, 0.1) is 17.7 Å². The number of benzene rings is 2. The van der Waals surface area contributed by atoms with Gasteiger partial charge in [-0.05, 0) is 35.4 Å². The summed E-state index contributed by atoms with van der Waals surface area (Å²) in [6, 6.07) is 7.50. The van der Waals surface area contributed by atoms with Gasteiger partial charge >= 0.3 is 12.4 Å². The van der Waals surface area contributed by atoms with Crippen LogP contribution in [-0.4, -0.2) is 52.1 Å². The minimum absolute atomic E-state index is 0.0136. The van der Waals surface area contributed by atoms with E-state index >= 15 is 0 Å². The van der Waals surface area contributed by atoms with Crippen molar-refractivity contribution in [2.24, 2.45) is 0 Å². The van der Waals surface area contributed by atoms with E-state index in [1.54, 1.807) is 0 Å². The van der Waals surface area contributed by atoms with Crippen molar-refractivity contribution in [3.63, 3.8) is 0 Å². The Balaban J connectivity index is 1.59. The first-order chi connectivity index (χ1) is 18.1. The summed E-state index contributed by atoms with van der Waals surface area (Å²) >= 11 is 0. The number of carbonyl (C=O) groups is 3. The van der Waals surface area contributed by atoms with Crippen molar-refractivity contribution in [1.82, 2.24) is 20.1 Å². The van der Waals surface area contributed by atoms with Crippen LogP contribution in [0.5, 0.6) is 0 Å². The smallest absolute Gasteiger partial charge is 0.357 e. The molecule has 2 aromatic carbocycles. The Bertz CT molecular complexity index is 1400. The fourth-order valence-corrected chi connectivity index (χ4v) is 4.65. The lowest BCUT2D eigenvalue weighted by Crippen LogP contribution is -2.50. The third kappa shape index (κ3) is 6.18. The molecule has 0 spiro atoms. The lowest BCUT2D eigenvalue weighted by Gasteiger charge is -2.27. The van der Waals surface area contributed by atoms with Gasteiger partial charge in [-0.1, -0.05) is 18.2 Å². The summed E-state index contributed by atoms with van der Waals surface area (Å²) in [6.07, 6.45) is -9.87. The molecule has 3 aromatic rings. The molecule has 208 valence electrons. The molecule has 2 heterocycles. The molecular weight excluding hydrogens is 530 g/mol. The van der Waals surface area contributed by atoms with Crippen LogP contribution < -0.4 is 5.32 Å². The van der Waals surface area contributed by atoms with Crippen LogP contribution in [0.25, 0.3) is 10.9 Å². The third-order valence-corrected chi connectivity index (χ3v) is 6.47. The minimum Gasteiger partial charge on any atom is -0.357 e. The molecule has 1 aromatic heterocycles. The highest BCUT2D eigenvalue weighted by atomic mass is 19.4. The lowest BCUT2D eigenvalue weighted by molar-refractivity contribution is -0.143. The van der Waals surface area contributed by atoms with Crippen molar-refractivity contribution >= 4 is 28.6 Å². The summed E-state index contributed by atoms with van der Waals surface area (Å²) in [5, 5.41) is 3.45. The van der Waals surface area contributed by atoms with Gasteiger partial charge in [-0.15, -0.1) is 0 Å². The van der Waals surface area contributed by atoms with Crippen LogP contribution in [0, 0.1) is 0 Å². The van der Waals surface area contributed by atoms with Gasteiger partial charge in [0.15, 0.2) is 0 Å². The second kappa shape index (κ2) is 10.3. The highest BCUT2D eigenvalue weighted by molar-refractivity contribution is 5.93. The van der Waals surface area contributed by atoms with E-state index in [0.717, 1.165) is 21.4 Å². The number of hydrogen-bond acceptors (Lipinski definition) is 3. The third-order valence-electron chi connectivity index (χ3n) is 6.47. The summed E-state index contributed by atoms with van der Waals surface area (Å²) in [4.78, 5) is 43.5. The van der Waals surface area contributed by atoms with E-state index in [9.17, 15) is 40.7 Å². The Morgan fingerprint density at radius 1 is 1.05 bits per heavy atom. The number of hydrogen-bond donors (Lipinski definition) is 2. The van der Waals surface area contributed by atoms with Gasteiger partial charge in [0.25, 0.3) is 0 Å². The van der Waals surface area contributed by atoms with E-state index < -0.39 is 60.3 Å². The highest BCUT2D eigenvalue weighted by Crippen LogP contribution is 2.36. The number of nitrogens with zero attached hydrogens (tertiary/aromatic N) is 2. The molecule has 0 fully saturated rings. The quantitative estimate of drug-likeness (QED) is 0.463. The summed E-state index contributed by atoms with van der Waals surface area (Å²) in [7, 11) is 1.22. The lowest BCUT2D eigenvalue weighted by atomic mass is 10.0. The molecule has 39 heavy (non-hydrogen) atoms. The van der Waals surface area contributed by atoms with E-state index in [1.165, 1.54) is 18.9 Å². The van der Waals surface area contributed by atoms with Crippen LogP contribution in [0.3, 0.4) is 0 Å². The van der Waals surface area contributed by atoms with Gasteiger partial charge in [0, 0.05) is 43.5 Å². The molecule has 4 rings (SSSR count). The minimum atomic E-state index is -5.02. The van der Waals surface area contributed by atoms with Crippen LogP contribution in [-0.2, 0) is 46.2 Å². The average Bonchev–Trinajstić information content (AvgIpc) is 3.12. The van der Waals surface area contributed by atoms with Gasteiger partial charge in [-0.25, -0.2) is 0 Å². The Morgan fingerprint density at radius 2 is 1.67 bits per heavy atom. The summed E-state index contributed by atoms with van der Waals surface area (Å²) in [5.74, 6) is -1.71. The number of nitrogens with one attached hydrogen (secondary N) is 2. The number of rotatable bonds is 5. The van der Waals surface area contributed by atoms with Gasteiger partial charge in [-0.2, -0.15) is 26.3 Å². The first-order valence-electron chi connectivity index (χ1n) is 11.8. The molecule has 0 radical (unpaired) electrons. The fourth-order valence-electron chi connectivity index (χ4n) is 4.65. The number of amides is 3. The highest BCUT2D eigenvalue weighted by Gasteiger charge is 2.37. The van der Waals surface area contributed by atoms with Crippen molar-refractivity contribution in [3.05, 3.63) is 70.4 Å². The summed E-state index contributed by atoms with van der Waals surface area (Å²) in [5.41, 5.74) is -1.10. The van der Waals surface area contributed by atoms with Gasteiger partial charge < -0.3 is 20.1 Å². The maximum Gasteiger partial charge on any atom is 0.416 e. The zero-order valence-corrected chi connectivity index (χ0v) is 20.8.